The zero-order valence-corrected chi connectivity index (χ0v) is 11.3. The van der Waals surface area contributed by atoms with E-state index in [4.69, 9.17) is 4.74 Å². The highest BCUT2D eigenvalue weighted by atomic mass is 79.9. The summed E-state index contributed by atoms with van der Waals surface area (Å²) in [5, 5.41) is 1.01. The lowest BCUT2D eigenvalue weighted by molar-refractivity contribution is 0.339. The van der Waals surface area contributed by atoms with E-state index in [9.17, 15) is 0 Å². The van der Waals surface area contributed by atoms with E-state index >= 15 is 0 Å². The van der Waals surface area contributed by atoms with Crippen LogP contribution in [-0.2, 0) is 6.42 Å². The summed E-state index contributed by atoms with van der Waals surface area (Å²) < 4.78 is 5.48. The second-order valence-corrected chi connectivity index (χ2v) is 5.12. The van der Waals surface area contributed by atoms with Crippen molar-refractivity contribution in [3.8, 4) is 5.75 Å². The van der Waals surface area contributed by atoms with Crippen molar-refractivity contribution in [2.45, 2.75) is 27.2 Å². The smallest absolute Gasteiger partial charge is 0.119 e. The molecule has 0 saturated heterocycles. The van der Waals surface area contributed by atoms with Gasteiger partial charge in [0.25, 0.3) is 0 Å². The van der Waals surface area contributed by atoms with E-state index in [-0.39, 0.29) is 0 Å². The fourth-order valence-electron chi connectivity index (χ4n) is 1.51. The van der Waals surface area contributed by atoms with Gasteiger partial charge in [-0.05, 0) is 36.5 Å². The molecule has 0 spiro atoms. The van der Waals surface area contributed by atoms with Gasteiger partial charge < -0.3 is 4.74 Å². The maximum atomic E-state index is 5.48. The summed E-state index contributed by atoms with van der Waals surface area (Å²) in [6.45, 7) is 7.25. The molecule has 84 valence electrons. The van der Waals surface area contributed by atoms with Gasteiger partial charge in [0, 0.05) is 5.33 Å². The van der Waals surface area contributed by atoms with Crippen molar-refractivity contribution >= 4 is 15.9 Å². The van der Waals surface area contributed by atoms with Crippen LogP contribution in [0.2, 0.25) is 0 Å². The van der Waals surface area contributed by atoms with Crippen molar-refractivity contribution in [3.05, 3.63) is 29.8 Å². The number of benzene rings is 1. The van der Waals surface area contributed by atoms with Crippen LogP contribution in [0, 0.1) is 5.41 Å². The predicted molar refractivity (Wildman–Crippen MR) is 68.9 cm³/mol. The van der Waals surface area contributed by atoms with E-state index < -0.39 is 0 Å². The minimum atomic E-state index is 0.296. The predicted octanol–water partition coefficient (Wildman–Crippen LogP) is 4.05. The molecule has 0 fully saturated rings. The van der Waals surface area contributed by atoms with Crippen LogP contribution >= 0.6 is 15.9 Å². The third kappa shape index (κ3) is 4.25. The van der Waals surface area contributed by atoms with E-state index in [2.05, 4.69) is 48.0 Å². The first kappa shape index (κ1) is 12.6. The highest BCUT2D eigenvalue weighted by Gasteiger charge is 2.16. The summed E-state index contributed by atoms with van der Waals surface area (Å²) in [4.78, 5) is 0. The summed E-state index contributed by atoms with van der Waals surface area (Å²) in [5.41, 5.74) is 1.63. The number of halogens is 1. The van der Waals surface area contributed by atoms with Gasteiger partial charge in [-0.3, -0.25) is 0 Å². The molecule has 1 aromatic rings. The van der Waals surface area contributed by atoms with Gasteiger partial charge >= 0.3 is 0 Å². The zero-order valence-electron chi connectivity index (χ0n) is 9.72. The minimum absolute atomic E-state index is 0.296. The molecule has 0 amide bonds. The van der Waals surface area contributed by atoms with Crippen molar-refractivity contribution in [2.24, 2.45) is 5.41 Å². The molecule has 2 heteroatoms. The average Bonchev–Trinajstić information content (AvgIpc) is 2.18. The van der Waals surface area contributed by atoms with Gasteiger partial charge in [0.15, 0.2) is 0 Å². The fourth-order valence-corrected chi connectivity index (χ4v) is 1.71. The second-order valence-electron chi connectivity index (χ2n) is 4.56. The van der Waals surface area contributed by atoms with E-state index in [1.807, 2.05) is 13.0 Å². The first-order valence-electron chi connectivity index (χ1n) is 5.35. The Bertz CT molecular complexity index is 307. The van der Waals surface area contributed by atoms with Crippen LogP contribution in [-0.4, -0.2) is 11.9 Å². The lowest BCUT2D eigenvalue weighted by atomic mass is 9.88. The van der Waals surface area contributed by atoms with Crippen LogP contribution in [0.5, 0.6) is 5.75 Å². The highest BCUT2D eigenvalue weighted by Crippen LogP contribution is 2.25. The Morgan fingerprint density at radius 1 is 1.33 bits per heavy atom. The molecule has 0 bridgehead atoms. The zero-order chi connectivity index (χ0) is 11.3. The van der Waals surface area contributed by atoms with Crippen molar-refractivity contribution in [1.29, 1.82) is 0 Å². The highest BCUT2D eigenvalue weighted by molar-refractivity contribution is 9.09. The number of alkyl halides is 1. The van der Waals surface area contributed by atoms with Crippen LogP contribution in [0.4, 0.5) is 0 Å². The van der Waals surface area contributed by atoms with E-state index in [0.717, 1.165) is 24.1 Å². The minimum Gasteiger partial charge on any atom is -0.494 e. The molecular formula is C13H19BrO. The average molecular weight is 271 g/mol. The molecule has 1 aromatic carbocycles. The Kier molecular flexibility index (Phi) is 4.65. The molecule has 0 N–H and O–H groups in total. The molecule has 1 rings (SSSR count). The van der Waals surface area contributed by atoms with Crippen molar-refractivity contribution < 1.29 is 4.74 Å². The third-order valence-corrected chi connectivity index (χ3v) is 3.77. The Hall–Kier alpha value is -0.500. The number of ether oxygens (including phenoxy) is 1. The number of hydrogen-bond acceptors (Lipinski definition) is 1. The monoisotopic (exact) mass is 270 g/mol. The Morgan fingerprint density at radius 3 is 2.67 bits per heavy atom. The van der Waals surface area contributed by atoms with Gasteiger partial charge in [0.2, 0.25) is 0 Å². The van der Waals surface area contributed by atoms with Crippen LogP contribution in [0.25, 0.3) is 0 Å². The molecule has 15 heavy (non-hydrogen) atoms. The van der Waals surface area contributed by atoms with Crippen LogP contribution < -0.4 is 4.74 Å². The van der Waals surface area contributed by atoms with Gasteiger partial charge in [-0.2, -0.15) is 0 Å². The molecule has 0 heterocycles. The summed E-state index contributed by atoms with van der Waals surface area (Å²) in [5.74, 6) is 0.973. The van der Waals surface area contributed by atoms with Gasteiger partial charge in [-0.25, -0.2) is 0 Å². The molecule has 0 saturated carbocycles. The Morgan fingerprint density at radius 2 is 2.07 bits per heavy atom. The Balaban J connectivity index is 2.73. The summed E-state index contributed by atoms with van der Waals surface area (Å²) in [7, 11) is 0. The quantitative estimate of drug-likeness (QED) is 0.734. The van der Waals surface area contributed by atoms with E-state index in [1.165, 1.54) is 5.56 Å². The molecule has 0 unspecified atom stereocenters. The van der Waals surface area contributed by atoms with Crippen LogP contribution in [0.15, 0.2) is 24.3 Å². The maximum absolute atomic E-state index is 5.48. The summed E-state index contributed by atoms with van der Waals surface area (Å²) >= 11 is 3.55. The molecule has 0 aliphatic carbocycles. The Labute approximate surface area is 101 Å². The molecule has 0 radical (unpaired) electrons. The standard InChI is InChI=1S/C13H19BrO/c1-4-15-12-7-5-6-11(8-12)9-13(2,3)10-14/h5-8H,4,9-10H2,1-3H3. The molecular weight excluding hydrogens is 252 g/mol. The van der Waals surface area contributed by atoms with Crippen molar-refractivity contribution in [2.75, 3.05) is 11.9 Å². The van der Waals surface area contributed by atoms with Gasteiger partial charge in [0.1, 0.15) is 5.75 Å². The largest absolute Gasteiger partial charge is 0.494 e. The number of hydrogen-bond donors (Lipinski definition) is 0. The summed E-state index contributed by atoms with van der Waals surface area (Å²) in [6.07, 6.45) is 1.07. The van der Waals surface area contributed by atoms with Gasteiger partial charge in [0.05, 0.1) is 6.61 Å². The topological polar surface area (TPSA) is 9.23 Å². The van der Waals surface area contributed by atoms with Gasteiger partial charge in [-0.1, -0.05) is 41.9 Å². The SMILES string of the molecule is CCOc1cccc(CC(C)(C)CBr)c1. The van der Waals surface area contributed by atoms with Crippen molar-refractivity contribution in [1.82, 2.24) is 0 Å². The van der Waals surface area contributed by atoms with E-state index in [1.54, 1.807) is 0 Å². The first-order valence-corrected chi connectivity index (χ1v) is 6.47. The molecule has 0 aromatic heterocycles. The normalized spacial score (nSPS) is 11.5. The maximum Gasteiger partial charge on any atom is 0.119 e. The first-order chi connectivity index (χ1) is 7.07. The molecule has 0 aliphatic heterocycles. The molecule has 0 atom stereocenters. The van der Waals surface area contributed by atoms with Crippen molar-refractivity contribution in [3.63, 3.8) is 0 Å². The third-order valence-electron chi connectivity index (χ3n) is 2.25. The lowest BCUT2D eigenvalue weighted by Crippen LogP contribution is -2.16. The lowest BCUT2D eigenvalue weighted by Gasteiger charge is -2.21. The summed E-state index contributed by atoms with van der Waals surface area (Å²) in [6, 6.07) is 8.36. The second kappa shape index (κ2) is 5.55. The van der Waals surface area contributed by atoms with Crippen LogP contribution in [0.1, 0.15) is 26.3 Å². The van der Waals surface area contributed by atoms with Crippen LogP contribution in [0.3, 0.4) is 0 Å². The molecule has 1 nitrogen and oxygen atoms in total. The van der Waals surface area contributed by atoms with E-state index in [0.29, 0.717) is 5.41 Å². The number of rotatable bonds is 5. The molecule has 0 aliphatic rings. The van der Waals surface area contributed by atoms with Gasteiger partial charge in [-0.15, -0.1) is 0 Å². The fraction of sp³-hybridized carbons (Fsp3) is 0.538.